The minimum Gasteiger partial charge on any atom is -0.507 e. The fraction of sp³-hybridized carbons (Fsp3) is 0.158. The van der Waals surface area contributed by atoms with Crippen LogP contribution in [0.4, 0.5) is 0 Å². The molecule has 0 unspecified atom stereocenters. The lowest BCUT2D eigenvalue weighted by atomic mass is 10.1. The lowest BCUT2D eigenvalue weighted by Gasteiger charge is -2.09. The van der Waals surface area contributed by atoms with Crippen LogP contribution in [0.3, 0.4) is 0 Å². The van der Waals surface area contributed by atoms with E-state index in [9.17, 15) is 14.7 Å². The van der Waals surface area contributed by atoms with Gasteiger partial charge in [-0.2, -0.15) is 0 Å². The number of carbonyl (C=O) groups excluding carboxylic acids is 1. The number of ether oxygens (including phenoxy) is 2. The topological polar surface area (TPSA) is 86.0 Å². The normalized spacial score (nSPS) is 10.6. The first kappa shape index (κ1) is 16.6. The average molecular weight is 340 g/mol. The van der Waals surface area contributed by atoms with Gasteiger partial charge in [0.05, 0.1) is 7.11 Å². The maximum atomic E-state index is 12.2. The molecule has 0 aliphatic heterocycles. The van der Waals surface area contributed by atoms with E-state index in [0.29, 0.717) is 22.3 Å². The summed E-state index contributed by atoms with van der Waals surface area (Å²) in [5.41, 5.74) is 1.20. The van der Waals surface area contributed by atoms with Crippen molar-refractivity contribution in [1.82, 2.24) is 0 Å². The number of carbonyl (C=O) groups is 1. The SMILES string of the molecule is COc1ccc2c(COC(=O)c3cc(C)ccc3O)cc(=O)oc2c1. The van der Waals surface area contributed by atoms with Crippen LogP contribution in [0.25, 0.3) is 11.0 Å². The average Bonchev–Trinajstić information content (AvgIpc) is 2.60. The van der Waals surface area contributed by atoms with Crippen molar-refractivity contribution in [2.75, 3.05) is 7.11 Å². The van der Waals surface area contributed by atoms with Gasteiger partial charge in [-0.15, -0.1) is 0 Å². The zero-order valence-electron chi connectivity index (χ0n) is 13.7. The summed E-state index contributed by atoms with van der Waals surface area (Å²) < 4.78 is 15.5. The fourth-order valence-corrected chi connectivity index (χ4v) is 2.49. The van der Waals surface area contributed by atoms with E-state index >= 15 is 0 Å². The number of hydrogen-bond donors (Lipinski definition) is 1. The largest absolute Gasteiger partial charge is 0.507 e. The molecule has 2 aromatic carbocycles. The summed E-state index contributed by atoms with van der Waals surface area (Å²) >= 11 is 0. The molecule has 6 nitrogen and oxygen atoms in total. The third-order valence-electron chi connectivity index (χ3n) is 3.77. The van der Waals surface area contributed by atoms with Crippen LogP contribution in [-0.4, -0.2) is 18.2 Å². The Morgan fingerprint density at radius 1 is 1.16 bits per heavy atom. The van der Waals surface area contributed by atoms with Crippen molar-refractivity contribution in [2.24, 2.45) is 0 Å². The number of fused-ring (bicyclic) bond motifs is 1. The lowest BCUT2D eigenvalue weighted by molar-refractivity contribution is 0.0470. The smallest absolute Gasteiger partial charge is 0.342 e. The Hall–Kier alpha value is -3.28. The summed E-state index contributed by atoms with van der Waals surface area (Å²) in [5, 5.41) is 10.4. The number of phenolic OH excluding ortho intramolecular Hbond substituents is 1. The summed E-state index contributed by atoms with van der Waals surface area (Å²) in [6.07, 6.45) is 0. The first-order chi connectivity index (χ1) is 12.0. The molecule has 0 fully saturated rings. The van der Waals surface area contributed by atoms with E-state index in [4.69, 9.17) is 13.9 Å². The number of hydrogen-bond acceptors (Lipinski definition) is 6. The molecule has 1 heterocycles. The third-order valence-corrected chi connectivity index (χ3v) is 3.77. The van der Waals surface area contributed by atoms with Gasteiger partial charge in [0.25, 0.3) is 0 Å². The van der Waals surface area contributed by atoms with E-state index in [2.05, 4.69) is 0 Å². The highest BCUT2D eigenvalue weighted by Crippen LogP contribution is 2.24. The molecule has 0 saturated carbocycles. The Morgan fingerprint density at radius 2 is 1.96 bits per heavy atom. The first-order valence-corrected chi connectivity index (χ1v) is 7.55. The summed E-state index contributed by atoms with van der Waals surface area (Å²) in [5.74, 6) is -0.275. The Labute approximate surface area is 143 Å². The van der Waals surface area contributed by atoms with Crippen molar-refractivity contribution in [3.8, 4) is 11.5 Å². The van der Waals surface area contributed by atoms with E-state index in [1.54, 1.807) is 37.3 Å². The number of benzene rings is 2. The Balaban J connectivity index is 1.89. The second-order valence-electron chi connectivity index (χ2n) is 5.55. The maximum absolute atomic E-state index is 12.2. The van der Waals surface area contributed by atoms with Crippen LogP contribution in [0.2, 0.25) is 0 Å². The van der Waals surface area contributed by atoms with Gasteiger partial charge in [0, 0.05) is 23.1 Å². The van der Waals surface area contributed by atoms with Crippen molar-refractivity contribution < 1.29 is 23.8 Å². The highest BCUT2D eigenvalue weighted by atomic mass is 16.5. The van der Waals surface area contributed by atoms with Crippen LogP contribution in [0.5, 0.6) is 11.5 Å². The van der Waals surface area contributed by atoms with Gasteiger partial charge in [-0.05, 0) is 31.2 Å². The van der Waals surface area contributed by atoms with Crippen LogP contribution in [-0.2, 0) is 11.3 Å². The van der Waals surface area contributed by atoms with Gasteiger partial charge in [0.15, 0.2) is 0 Å². The molecule has 0 spiro atoms. The molecule has 6 heteroatoms. The number of esters is 1. The molecule has 0 aliphatic rings. The molecule has 1 N–H and O–H groups in total. The zero-order valence-corrected chi connectivity index (χ0v) is 13.7. The molecule has 0 bridgehead atoms. The van der Waals surface area contributed by atoms with Gasteiger partial charge in [0.2, 0.25) is 0 Å². The predicted octanol–water partition coefficient (Wildman–Crippen LogP) is 3.17. The van der Waals surface area contributed by atoms with Crippen LogP contribution < -0.4 is 10.4 Å². The molecule has 3 rings (SSSR count). The monoisotopic (exact) mass is 340 g/mol. The number of rotatable bonds is 4. The van der Waals surface area contributed by atoms with Gasteiger partial charge in [0.1, 0.15) is 29.3 Å². The van der Waals surface area contributed by atoms with Crippen molar-refractivity contribution in [1.29, 1.82) is 0 Å². The summed E-state index contributed by atoms with van der Waals surface area (Å²) in [6.45, 7) is 1.68. The zero-order chi connectivity index (χ0) is 18.0. The highest BCUT2D eigenvalue weighted by molar-refractivity contribution is 5.92. The number of methoxy groups -OCH3 is 1. The highest BCUT2D eigenvalue weighted by Gasteiger charge is 2.15. The molecular weight excluding hydrogens is 324 g/mol. The molecule has 0 atom stereocenters. The molecule has 0 amide bonds. The Morgan fingerprint density at radius 3 is 2.72 bits per heavy atom. The molecule has 1 aromatic heterocycles. The van der Waals surface area contributed by atoms with Gasteiger partial charge in [-0.1, -0.05) is 11.6 Å². The van der Waals surface area contributed by atoms with Crippen molar-refractivity contribution >= 4 is 16.9 Å². The number of aryl methyl sites for hydroxylation is 1. The van der Waals surface area contributed by atoms with Gasteiger partial charge < -0.3 is 19.0 Å². The molecule has 0 radical (unpaired) electrons. The summed E-state index contributed by atoms with van der Waals surface area (Å²) in [6, 6.07) is 11.0. The first-order valence-electron chi connectivity index (χ1n) is 7.55. The number of aromatic hydroxyl groups is 1. The second-order valence-corrected chi connectivity index (χ2v) is 5.55. The van der Waals surface area contributed by atoms with Crippen molar-refractivity contribution in [3.05, 3.63) is 69.6 Å². The Bertz CT molecular complexity index is 1000. The molecule has 25 heavy (non-hydrogen) atoms. The molecule has 128 valence electrons. The lowest BCUT2D eigenvalue weighted by Crippen LogP contribution is -2.08. The molecular formula is C19H16O6. The minimum absolute atomic E-state index is 0.0777. The van der Waals surface area contributed by atoms with E-state index in [1.165, 1.54) is 19.2 Å². The van der Waals surface area contributed by atoms with E-state index in [-0.39, 0.29) is 17.9 Å². The second kappa shape index (κ2) is 6.68. The molecule has 3 aromatic rings. The van der Waals surface area contributed by atoms with E-state index in [0.717, 1.165) is 5.56 Å². The summed E-state index contributed by atoms with van der Waals surface area (Å²) in [4.78, 5) is 23.9. The maximum Gasteiger partial charge on any atom is 0.342 e. The van der Waals surface area contributed by atoms with Gasteiger partial charge in [-0.3, -0.25) is 0 Å². The third kappa shape index (κ3) is 3.47. The van der Waals surface area contributed by atoms with Gasteiger partial charge in [-0.25, -0.2) is 9.59 Å². The van der Waals surface area contributed by atoms with Crippen molar-refractivity contribution in [2.45, 2.75) is 13.5 Å². The van der Waals surface area contributed by atoms with Crippen LogP contribution in [0, 0.1) is 6.92 Å². The van der Waals surface area contributed by atoms with Gasteiger partial charge >= 0.3 is 11.6 Å². The Kier molecular flexibility index (Phi) is 4.43. The van der Waals surface area contributed by atoms with Crippen LogP contribution in [0.1, 0.15) is 21.5 Å². The van der Waals surface area contributed by atoms with E-state index < -0.39 is 11.6 Å². The molecule has 0 aliphatic carbocycles. The predicted molar refractivity (Wildman–Crippen MR) is 91.0 cm³/mol. The van der Waals surface area contributed by atoms with Crippen molar-refractivity contribution in [3.63, 3.8) is 0 Å². The minimum atomic E-state index is -0.670. The van der Waals surface area contributed by atoms with Crippen LogP contribution >= 0.6 is 0 Å². The molecule has 0 saturated heterocycles. The number of phenols is 1. The van der Waals surface area contributed by atoms with E-state index in [1.807, 2.05) is 0 Å². The quantitative estimate of drug-likeness (QED) is 0.580. The van der Waals surface area contributed by atoms with Crippen LogP contribution in [0.15, 0.2) is 51.7 Å². The fourth-order valence-electron chi connectivity index (χ4n) is 2.49. The summed E-state index contributed by atoms with van der Waals surface area (Å²) in [7, 11) is 1.51. The standard InChI is InChI=1S/C19H16O6/c1-11-3-6-16(20)15(7-11)19(22)24-10-12-8-18(21)25-17-9-13(23-2)4-5-14(12)17/h3-9,20H,10H2,1-2H3.